The molecule has 19 heavy (non-hydrogen) atoms. The molecule has 2 rings (SSSR count). The number of carbonyl (C=O) groups is 2. The second-order valence-electron chi connectivity index (χ2n) is 3.65. The lowest BCUT2D eigenvalue weighted by Crippen LogP contribution is -2.13. The van der Waals surface area contributed by atoms with Crippen LogP contribution in [0.5, 0.6) is 0 Å². The molecule has 1 aromatic carbocycles. The van der Waals surface area contributed by atoms with Gasteiger partial charge in [0.05, 0.1) is 6.42 Å². The molecule has 1 aromatic heterocycles. The molecular formula is C14H14N2O3. The summed E-state index contributed by atoms with van der Waals surface area (Å²) in [6.07, 6.45) is 1.78. The van der Waals surface area contributed by atoms with Crippen LogP contribution in [0.15, 0.2) is 54.7 Å². The van der Waals surface area contributed by atoms with Crippen LogP contribution in [0, 0.1) is 0 Å². The van der Waals surface area contributed by atoms with E-state index in [-0.39, 0.29) is 11.6 Å². The molecule has 0 aliphatic rings. The van der Waals surface area contributed by atoms with Gasteiger partial charge in [0.25, 0.3) is 0 Å². The van der Waals surface area contributed by atoms with Crippen LogP contribution in [-0.4, -0.2) is 22.0 Å². The van der Waals surface area contributed by atoms with Crippen molar-refractivity contribution in [1.29, 1.82) is 0 Å². The predicted octanol–water partition coefficient (Wildman–Crippen LogP) is 1.49. The first-order chi connectivity index (χ1) is 9.09. The molecule has 5 heteroatoms. The lowest BCUT2D eigenvalue weighted by Gasteiger charge is -1.93. The number of aromatic nitrogens is 1. The second kappa shape index (κ2) is 7.60. The first-order valence-corrected chi connectivity index (χ1v) is 5.56. The highest BCUT2D eigenvalue weighted by molar-refractivity contribution is 5.85. The fourth-order valence-corrected chi connectivity index (χ4v) is 1.29. The summed E-state index contributed by atoms with van der Waals surface area (Å²) in [5, 5.41) is 8.32. The monoisotopic (exact) mass is 258 g/mol. The minimum Gasteiger partial charge on any atom is -0.477 e. The topological polar surface area (TPSA) is 93.3 Å². The third-order valence-corrected chi connectivity index (χ3v) is 2.11. The minimum atomic E-state index is -0.990. The van der Waals surface area contributed by atoms with E-state index < -0.39 is 5.97 Å². The number of rotatable bonds is 3. The molecule has 0 saturated heterocycles. The number of carbonyl (C=O) groups excluding carboxylic acids is 1. The van der Waals surface area contributed by atoms with E-state index in [0.29, 0.717) is 6.42 Å². The average Bonchev–Trinajstić information content (AvgIpc) is 2.41. The van der Waals surface area contributed by atoms with Crippen molar-refractivity contribution in [3.8, 4) is 0 Å². The van der Waals surface area contributed by atoms with Gasteiger partial charge < -0.3 is 10.8 Å². The first-order valence-electron chi connectivity index (χ1n) is 5.56. The third kappa shape index (κ3) is 5.97. The van der Waals surface area contributed by atoms with E-state index in [1.54, 1.807) is 12.1 Å². The number of nitrogens with two attached hydrogens (primary N) is 1. The maximum absolute atomic E-state index is 10.4. The Morgan fingerprint density at radius 1 is 1.05 bits per heavy atom. The zero-order chi connectivity index (χ0) is 14.1. The van der Waals surface area contributed by atoms with Gasteiger partial charge in [-0.2, -0.15) is 0 Å². The maximum Gasteiger partial charge on any atom is 0.354 e. The number of pyridine rings is 1. The summed E-state index contributed by atoms with van der Waals surface area (Å²) in [4.78, 5) is 24.1. The van der Waals surface area contributed by atoms with Gasteiger partial charge in [0.15, 0.2) is 0 Å². The Hall–Kier alpha value is -2.69. The first kappa shape index (κ1) is 14.4. The maximum atomic E-state index is 10.4. The molecule has 0 atom stereocenters. The van der Waals surface area contributed by atoms with Gasteiger partial charge in [-0.15, -0.1) is 0 Å². The van der Waals surface area contributed by atoms with Crippen molar-refractivity contribution < 1.29 is 14.7 Å². The summed E-state index contributed by atoms with van der Waals surface area (Å²) in [7, 11) is 0. The van der Waals surface area contributed by atoms with Gasteiger partial charge in [-0.1, -0.05) is 36.4 Å². The highest BCUT2D eigenvalue weighted by atomic mass is 16.4. The van der Waals surface area contributed by atoms with Gasteiger partial charge in [-0.3, -0.25) is 4.79 Å². The average molecular weight is 258 g/mol. The number of primary amides is 1. The van der Waals surface area contributed by atoms with Gasteiger partial charge in [-0.05, 0) is 17.7 Å². The zero-order valence-corrected chi connectivity index (χ0v) is 10.2. The minimum absolute atomic E-state index is 0.0810. The van der Waals surface area contributed by atoms with Crippen LogP contribution >= 0.6 is 0 Å². The molecular weight excluding hydrogens is 244 g/mol. The number of amides is 1. The normalized spacial score (nSPS) is 9.05. The molecule has 0 bridgehead atoms. The van der Waals surface area contributed by atoms with E-state index in [4.69, 9.17) is 10.8 Å². The molecule has 1 amide bonds. The van der Waals surface area contributed by atoms with Crippen LogP contribution in [0.1, 0.15) is 16.1 Å². The van der Waals surface area contributed by atoms with Crippen molar-refractivity contribution in [3.63, 3.8) is 0 Å². The van der Waals surface area contributed by atoms with Crippen molar-refractivity contribution in [2.24, 2.45) is 5.73 Å². The lowest BCUT2D eigenvalue weighted by molar-refractivity contribution is -0.117. The number of aromatic carboxylic acids is 1. The fraction of sp³-hybridized carbons (Fsp3) is 0.0714. The summed E-state index contributed by atoms with van der Waals surface area (Å²) < 4.78 is 0. The van der Waals surface area contributed by atoms with E-state index in [1.165, 1.54) is 12.3 Å². The van der Waals surface area contributed by atoms with E-state index in [9.17, 15) is 9.59 Å². The van der Waals surface area contributed by atoms with Crippen molar-refractivity contribution in [2.75, 3.05) is 0 Å². The smallest absolute Gasteiger partial charge is 0.354 e. The summed E-state index contributed by atoms with van der Waals surface area (Å²) in [6.45, 7) is 0. The molecule has 0 saturated carbocycles. The Morgan fingerprint density at radius 2 is 1.68 bits per heavy atom. The van der Waals surface area contributed by atoms with Crippen LogP contribution in [0.3, 0.4) is 0 Å². The van der Waals surface area contributed by atoms with Crippen LogP contribution in [0.4, 0.5) is 0 Å². The number of nitrogens with zero attached hydrogens (tertiary/aromatic N) is 1. The number of carboxylic acid groups (broad SMARTS) is 1. The molecule has 0 aliphatic heterocycles. The third-order valence-electron chi connectivity index (χ3n) is 2.11. The van der Waals surface area contributed by atoms with Gasteiger partial charge in [-0.25, -0.2) is 9.78 Å². The van der Waals surface area contributed by atoms with Gasteiger partial charge in [0, 0.05) is 6.20 Å². The summed E-state index contributed by atoms with van der Waals surface area (Å²) in [5.74, 6) is -1.28. The molecule has 1 heterocycles. The van der Waals surface area contributed by atoms with E-state index >= 15 is 0 Å². The molecule has 98 valence electrons. The number of carboxylic acids is 1. The SMILES string of the molecule is NC(=O)Cc1ccccc1.O=C(O)c1ccccn1. The summed E-state index contributed by atoms with van der Waals surface area (Å²) in [6, 6.07) is 14.2. The van der Waals surface area contributed by atoms with Crippen LogP contribution < -0.4 is 5.73 Å². The Bertz CT molecular complexity index is 527. The molecule has 0 aliphatic carbocycles. The standard InChI is InChI=1S/C8H9NO.C6H5NO2/c9-8(10)6-7-4-2-1-3-5-7;8-6(9)5-3-1-2-4-7-5/h1-5H,6H2,(H2,9,10);1-4H,(H,8,9). The quantitative estimate of drug-likeness (QED) is 0.872. The molecule has 0 unspecified atom stereocenters. The van der Waals surface area contributed by atoms with Crippen LogP contribution in [-0.2, 0) is 11.2 Å². The van der Waals surface area contributed by atoms with Crippen molar-refractivity contribution in [3.05, 3.63) is 66.0 Å². The molecule has 2 aromatic rings. The van der Waals surface area contributed by atoms with E-state index in [0.717, 1.165) is 5.56 Å². The Morgan fingerprint density at radius 3 is 2.11 bits per heavy atom. The number of hydrogen-bond acceptors (Lipinski definition) is 3. The zero-order valence-electron chi connectivity index (χ0n) is 10.2. The molecule has 0 fully saturated rings. The Kier molecular flexibility index (Phi) is 5.75. The largest absolute Gasteiger partial charge is 0.477 e. The Balaban J connectivity index is 0.000000191. The highest BCUT2D eigenvalue weighted by Gasteiger charge is 1.98. The lowest BCUT2D eigenvalue weighted by atomic mass is 10.1. The van der Waals surface area contributed by atoms with Crippen LogP contribution in [0.2, 0.25) is 0 Å². The summed E-state index contributed by atoms with van der Waals surface area (Å²) in [5.41, 5.74) is 6.03. The number of benzene rings is 1. The Labute approximate surface area is 110 Å². The van der Waals surface area contributed by atoms with Crippen molar-refractivity contribution >= 4 is 11.9 Å². The molecule has 5 nitrogen and oxygen atoms in total. The van der Waals surface area contributed by atoms with Crippen molar-refractivity contribution in [2.45, 2.75) is 6.42 Å². The van der Waals surface area contributed by atoms with Crippen LogP contribution in [0.25, 0.3) is 0 Å². The molecule has 3 N–H and O–H groups in total. The van der Waals surface area contributed by atoms with Gasteiger partial charge in [0.1, 0.15) is 5.69 Å². The van der Waals surface area contributed by atoms with Gasteiger partial charge in [0.2, 0.25) is 5.91 Å². The highest BCUT2D eigenvalue weighted by Crippen LogP contribution is 1.97. The summed E-state index contributed by atoms with van der Waals surface area (Å²) >= 11 is 0. The molecule has 0 radical (unpaired) electrons. The van der Waals surface area contributed by atoms with Gasteiger partial charge >= 0.3 is 5.97 Å². The number of hydrogen-bond donors (Lipinski definition) is 2. The van der Waals surface area contributed by atoms with E-state index in [2.05, 4.69) is 4.98 Å². The van der Waals surface area contributed by atoms with E-state index in [1.807, 2.05) is 30.3 Å². The fourth-order valence-electron chi connectivity index (χ4n) is 1.29. The second-order valence-corrected chi connectivity index (χ2v) is 3.65. The molecule has 0 spiro atoms. The van der Waals surface area contributed by atoms with Crippen molar-refractivity contribution in [1.82, 2.24) is 4.98 Å². The predicted molar refractivity (Wildman–Crippen MR) is 70.5 cm³/mol.